The molecule has 1 aromatic heterocycles. The van der Waals surface area contributed by atoms with E-state index < -0.39 is 18.0 Å². The highest BCUT2D eigenvalue weighted by Gasteiger charge is 2.33. The van der Waals surface area contributed by atoms with Gasteiger partial charge in [0.25, 0.3) is 5.17 Å². The quantitative estimate of drug-likeness (QED) is 0.540. The number of benzene rings is 2. The zero-order valence-corrected chi connectivity index (χ0v) is 18.5. The Balaban J connectivity index is 1.39. The van der Waals surface area contributed by atoms with Crippen LogP contribution in [0.4, 0.5) is 14.9 Å². The Bertz CT molecular complexity index is 1140. The minimum absolute atomic E-state index is 0.244. The molecule has 0 bridgehead atoms. The molecule has 0 saturated carbocycles. The summed E-state index contributed by atoms with van der Waals surface area (Å²) in [6.07, 6.45) is -0.991. The number of rotatable bonds is 7. The Kier molecular flexibility index (Phi) is 6.47. The minimum atomic E-state index is -0.547. The van der Waals surface area contributed by atoms with Gasteiger partial charge < -0.3 is 19.7 Å². The number of thiocarbonyl (C=S) groups is 1. The molecule has 0 radical (unpaired) electrons. The van der Waals surface area contributed by atoms with Crippen LogP contribution in [0.5, 0.6) is 0 Å². The predicted octanol–water partition coefficient (Wildman–Crippen LogP) is 2.34. The molecule has 4 rings (SSSR count). The van der Waals surface area contributed by atoms with Gasteiger partial charge in [-0.05, 0) is 56.6 Å². The van der Waals surface area contributed by atoms with Crippen molar-refractivity contribution in [3.05, 3.63) is 48.3 Å². The third-order valence-corrected chi connectivity index (χ3v) is 5.20. The monoisotopic (exact) mass is 458 g/mol. The highest BCUT2D eigenvalue weighted by atomic mass is 32.1. The number of cyclic esters (lactones) is 1. The van der Waals surface area contributed by atoms with Gasteiger partial charge in [-0.1, -0.05) is 17.3 Å². The van der Waals surface area contributed by atoms with E-state index in [-0.39, 0.29) is 17.4 Å². The number of anilines is 1. The van der Waals surface area contributed by atoms with E-state index in [1.165, 1.54) is 15.6 Å². The number of halogens is 1. The lowest BCUT2D eigenvalue weighted by Gasteiger charge is -2.15. The maximum absolute atomic E-state index is 14.9. The van der Waals surface area contributed by atoms with E-state index in [1.807, 2.05) is 37.2 Å². The number of para-hydroxylation sites is 1. The Hall–Kier alpha value is -3.31. The van der Waals surface area contributed by atoms with E-state index in [4.69, 9.17) is 21.7 Å². The van der Waals surface area contributed by atoms with Crippen LogP contribution >= 0.6 is 12.2 Å². The summed E-state index contributed by atoms with van der Waals surface area (Å²) in [5.41, 5.74) is 1.99. The summed E-state index contributed by atoms with van der Waals surface area (Å²) in [6.45, 7) is 1.76. The normalized spacial score (nSPS) is 15.9. The molecule has 0 unspecified atom stereocenters. The maximum atomic E-state index is 14.9. The molecule has 9 nitrogen and oxygen atoms in total. The highest BCUT2D eigenvalue weighted by molar-refractivity contribution is 7.80. The number of nitrogens with one attached hydrogen (secondary N) is 1. The van der Waals surface area contributed by atoms with E-state index in [0.29, 0.717) is 29.9 Å². The highest BCUT2D eigenvalue weighted by Crippen LogP contribution is 2.26. The van der Waals surface area contributed by atoms with Crippen molar-refractivity contribution in [3.63, 3.8) is 0 Å². The summed E-state index contributed by atoms with van der Waals surface area (Å²) >= 11 is 5.13. The SMILES string of the molecule is CN(C)CCOC(=S)NC[C@H]1CN(c2ccc(-n3nnc4ccccc43)c(F)c2)C(=O)O1. The Labute approximate surface area is 189 Å². The molecular formula is C21H23FN6O3S. The largest absolute Gasteiger partial charge is 0.470 e. The standard InChI is InChI=1S/C21H23FN6O3S/c1-26(2)9-10-30-20(32)23-12-15-13-27(21(29)31-15)14-7-8-18(16(22)11-14)28-19-6-4-3-5-17(19)24-25-28/h3-8,11,15H,9-10,12-13H2,1-2H3,(H,23,32)/t15-/m0/s1. The molecular weight excluding hydrogens is 435 g/mol. The summed E-state index contributed by atoms with van der Waals surface area (Å²) in [5.74, 6) is -0.525. The molecule has 32 heavy (non-hydrogen) atoms. The lowest BCUT2D eigenvalue weighted by Crippen LogP contribution is -2.35. The number of hydrogen-bond donors (Lipinski definition) is 1. The van der Waals surface area contributed by atoms with Crippen LogP contribution in [0.25, 0.3) is 16.7 Å². The molecule has 3 aromatic rings. The average Bonchev–Trinajstić information content (AvgIpc) is 3.35. The number of nitrogens with zero attached hydrogens (tertiary/aromatic N) is 5. The van der Waals surface area contributed by atoms with E-state index >= 15 is 0 Å². The van der Waals surface area contributed by atoms with Crippen molar-refractivity contribution in [3.8, 4) is 5.69 Å². The number of hydrogen-bond acceptors (Lipinski definition) is 7. The molecule has 11 heteroatoms. The van der Waals surface area contributed by atoms with Gasteiger partial charge in [0.15, 0.2) is 5.82 Å². The second kappa shape index (κ2) is 9.45. The summed E-state index contributed by atoms with van der Waals surface area (Å²) in [5, 5.41) is 11.3. The van der Waals surface area contributed by atoms with Gasteiger partial charge >= 0.3 is 6.09 Å². The first-order valence-corrected chi connectivity index (χ1v) is 10.5. The second-order valence-electron chi connectivity index (χ2n) is 7.56. The average molecular weight is 459 g/mol. The Morgan fingerprint density at radius 2 is 2.16 bits per heavy atom. The van der Waals surface area contributed by atoms with Crippen molar-refractivity contribution in [2.75, 3.05) is 45.2 Å². The number of aromatic nitrogens is 3. The topological polar surface area (TPSA) is 84.8 Å². The van der Waals surface area contributed by atoms with Crippen LogP contribution in [0.3, 0.4) is 0 Å². The summed E-state index contributed by atoms with van der Waals surface area (Å²) < 4.78 is 27.1. The van der Waals surface area contributed by atoms with Crippen molar-refractivity contribution >= 4 is 40.2 Å². The number of carbonyl (C=O) groups excluding carboxylic acids is 1. The Morgan fingerprint density at radius 1 is 1.34 bits per heavy atom. The molecule has 168 valence electrons. The van der Waals surface area contributed by atoms with Crippen LogP contribution in [0.15, 0.2) is 42.5 Å². The van der Waals surface area contributed by atoms with Gasteiger partial charge in [-0.15, -0.1) is 5.10 Å². The molecule has 1 aliphatic rings. The lowest BCUT2D eigenvalue weighted by molar-refractivity contribution is 0.141. The van der Waals surface area contributed by atoms with E-state index in [1.54, 1.807) is 18.2 Å². The molecule has 1 amide bonds. The predicted molar refractivity (Wildman–Crippen MR) is 122 cm³/mol. The van der Waals surface area contributed by atoms with Crippen molar-refractivity contribution < 1.29 is 18.7 Å². The van der Waals surface area contributed by atoms with Gasteiger partial charge in [-0.2, -0.15) is 0 Å². The van der Waals surface area contributed by atoms with Crippen LogP contribution in [0.2, 0.25) is 0 Å². The molecule has 2 heterocycles. The van der Waals surface area contributed by atoms with Gasteiger partial charge in [0, 0.05) is 6.54 Å². The summed E-state index contributed by atoms with van der Waals surface area (Å²) in [4.78, 5) is 15.7. The molecule has 2 aromatic carbocycles. The van der Waals surface area contributed by atoms with Crippen LogP contribution in [-0.2, 0) is 9.47 Å². The van der Waals surface area contributed by atoms with Crippen molar-refractivity contribution in [2.24, 2.45) is 0 Å². The molecule has 1 fully saturated rings. The molecule has 0 spiro atoms. The van der Waals surface area contributed by atoms with Gasteiger partial charge in [-0.25, -0.2) is 13.9 Å². The smallest absolute Gasteiger partial charge is 0.414 e. The molecule has 1 aliphatic heterocycles. The molecule has 1 atom stereocenters. The van der Waals surface area contributed by atoms with Crippen LogP contribution in [0.1, 0.15) is 0 Å². The number of amides is 1. The zero-order valence-electron chi connectivity index (χ0n) is 17.7. The van der Waals surface area contributed by atoms with E-state index in [0.717, 1.165) is 6.54 Å². The summed E-state index contributed by atoms with van der Waals surface area (Å²) in [6, 6.07) is 11.8. The lowest BCUT2D eigenvalue weighted by atomic mass is 10.2. The first-order chi connectivity index (χ1) is 15.4. The van der Waals surface area contributed by atoms with E-state index in [9.17, 15) is 9.18 Å². The van der Waals surface area contributed by atoms with Gasteiger partial charge in [0.2, 0.25) is 0 Å². The van der Waals surface area contributed by atoms with Gasteiger partial charge in [0.1, 0.15) is 23.9 Å². The van der Waals surface area contributed by atoms with Crippen LogP contribution in [0, 0.1) is 5.82 Å². The molecule has 1 saturated heterocycles. The van der Waals surface area contributed by atoms with Gasteiger partial charge in [-0.3, -0.25) is 4.90 Å². The number of likely N-dealkylation sites (N-methyl/N-ethyl adjacent to an activating group) is 1. The molecule has 1 N–H and O–H groups in total. The van der Waals surface area contributed by atoms with Crippen molar-refractivity contribution in [1.82, 2.24) is 25.2 Å². The van der Waals surface area contributed by atoms with Crippen LogP contribution < -0.4 is 10.2 Å². The number of fused-ring (bicyclic) bond motifs is 1. The summed E-state index contributed by atoms with van der Waals surface area (Å²) in [7, 11) is 3.88. The zero-order chi connectivity index (χ0) is 22.7. The number of ether oxygens (including phenoxy) is 2. The first-order valence-electron chi connectivity index (χ1n) is 10.1. The third-order valence-electron chi connectivity index (χ3n) is 4.94. The molecule has 0 aliphatic carbocycles. The fourth-order valence-electron chi connectivity index (χ4n) is 3.29. The number of carbonyl (C=O) groups is 1. The third kappa shape index (κ3) is 4.78. The van der Waals surface area contributed by atoms with Gasteiger partial charge in [0.05, 0.1) is 24.3 Å². The minimum Gasteiger partial charge on any atom is -0.470 e. The fraction of sp³-hybridized carbons (Fsp3) is 0.333. The fourth-order valence-corrected chi connectivity index (χ4v) is 3.46. The van der Waals surface area contributed by atoms with Crippen molar-refractivity contribution in [2.45, 2.75) is 6.10 Å². The first kappa shape index (κ1) is 21.9. The van der Waals surface area contributed by atoms with E-state index in [2.05, 4.69) is 15.6 Å². The maximum Gasteiger partial charge on any atom is 0.414 e. The van der Waals surface area contributed by atoms with Crippen molar-refractivity contribution in [1.29, 1.82) is 0 Å². The van der Waals surface area contributed by atoms with Crippen LogP contribution in [-0.4, -0.2) is 77.6 Å². The Morgan fingerprint density at radius 3 is 2.94 bits per heavy atom. The second-order valence-corrected chi connectivity index (χ2v) is 7.93.